The van der Waals surface area contributed by atoms with Crippen LogP contribution in [0.4, 0.5) is 0 Å². The molecule has 3 rings (SSSR count). The lowest BCUT2D eigenvalue weighted by atomic mass is 9.50. The van der Waals surface area contributed by atoms with Crippen molar-refractivity contribution in [1.29, 1.82) is 0 Å². The van der Waals surface area contributed by atoms with Crippen molar-refractivity contribution in [3.8, 4) is 0 Å². The average Bonchev–Trinajstić information content (AvgIpc) is 2.97. The molecule has 11 heteroatoms. The minimum atomic E-state index is -1.63. The van der Waals surface area contributed by atoms with Crippen molar-refractivity contribution >= 4 is 93.5 Å². The van der Waals surface area contributed by atoms with Crippen LogP contribution in [-0.2, 0) is 9.59 Å². The second-order valence-electron chi connectivity index (χ2n) is 16.4. The quantitative estimate of drug-likeness (QED) is 0.103. The molecule has 2 nitrogen and oxygen atoms in total. The Morgan fingerprint density at radius 3 is 1.02 bits per heavy atom. The van der Waals surface area contributed by atoms with Gasteiger partial charge >= 0.3 is 0 Å². The van der Waals surface area contributed by atoms with E-state index < -0.39 is 8.07 Å². The molecule has 0 amide bonds. The maximum atomic E-state index is 14.2. The van der Waals surface area contributed by atoms with E-state index in [0.717, 1.165) is 94.3 Å². The summed E-state index contributed by atoms with van der Waals surface area (Å²) in [4.78, 5) is 28.3. The lowest BCUT2D eigenvalue weighted by molar-refractivity contribution is -0.129. The molecule has 0 radical (unpaired) electrons. The van der Waals surface area contributed by atoms with Gasteiger partial charge in [-0.3, -0.25) is 9.59 Å². The largest absolute Gasteiger partial charge is 0.300 e. The molecule has 2 aliphatic carbocycles. The molecule has 0 spiro atoms. The Labute approximate surface area is 312 Å². The SMILES string of the molecule is CPCC1(CPC)CC(=O)CC(CPC)(CPC)C1c1ccc([Si](C)(C)C)cc1C1C(CPC)(CPC)CC(=O)CC1(CPC)CPC. The first kappa shape index (κ1) is 44.6. The van der Waals surface area contributed by atoms with Crippen molar-refractivity contribution in [2.75, 3.05) is 103 Å². The lowest BCUT2D eigenvalue weighted by Gasteiger charge is -2.59. The zero-order chi connectivity index (χ0) is 35.8. The van der Waals surface area contributed by atoms with Gasteiger partial charge in [0, 0.05) is 25.7 Å². The molecule has 1 aromatic carbocycles. The molecule has 48 heavy (non-hydrogen) atoms. The second kappa shape index (κ2) is 19.7. The third-order valence-electron chi connectivity index (χ3n) is 11.5. The van der Waals surface area contributed by atoms with Gasteiger partial charge in [0.25, 0.3) is 0 Å². The van der Waals surface area contributed by atoms with Gasteiger partial charge in [0.1, 0.15) is 11.6 Å². The van der Waals surface area contributed by atoms with Gasteiger partial charge in [-0.15, -0.1) is 68.6 Å². The Morgan fingerprint density at radius 2 is 0.771 bits per heavy atom. The average molecular weight is 823 g/mol. The van der Waals surface area contributed by atoms with Crippen molar-refractivity contribution in [2.24, 2.45) is 21.7 Å². The highest BCUT2D eigenvalue weighted by Crippen LogP contribution is 2.66. The Morgan fingerprint density at radius 1 is 0.500 bits per heavy atom. The molecule has 8 unspecified atom stereocenters. The number of carbonyl (C=O) groups is 2. The van der Waals surface area contributed by atoms with Gasteiger partial charge in [-0.05, 0) is 147 Å². The molecule has 1 aromatic rings. The van der Waals surface area contributed by atoms with E-state index in [4.69, 9.17) is 0 Å². The summed E-state index contributed by atoms with van der Waals surface area (Å²) >= 11 is 0. The van der Waals surface area contributed by atoms with E-state index >= 15 is 0 Å². The third kappa shape index (κ3) is 9.71. The number of hydrogen-bond donors (Lipinski definition) is 0. The first-order valence-electron chi connectivity index (χ1n) is 18.1. The zero-order valence-electron chi connectivity index (χ0n) is 32.2. The predicted molar refractivity (Wildman–Crippen MR) is 246 cm³/mol. The van der Waals surface area contributed by atoms with E-state index in [0.29, 0.717) is 23.4 Å². The van der Waals surface area contributed by atoms with Crippen molar-refractivity contribution in [1.82, 2.24) is 0 Å². The van der Waals surface area contributed by atoms with E-state index in [1.54, 1.807) is 16.3 Å². The Kier molecular flexibility index (Phi) is 18.3. The normalized spacial score (nSPS) is 33.4. The highest BCUT2D eigenvalue weighted by molar-refractivity contribution is 7.39. The van der Waals surface area contributed by atoms with Gasteiger partial charge in [-0.1, -0.05) is 43.0 Å². The smallest absolute Gasteiger partial charge is 0.134 e. The standard InChI is InChI=1S/C37H70O2P8Si/c1-40-19-34(20-41-2)15-27(38)16-35(21-42-3,22-43-4)32(34)30-13-12-29(48(9,10)11)14-31(30)33-36(23-44-5,24-45-6)17-28(39)18-37(33,25-46-7)26-47-8/h12-14,32-33,40-47H,15-26H2,1-11H3. The topological polar surface area (TPSA) is 34.1 Å². The maximum Gasteiger partial charge on any atom is 0.134 e. The number of ketones is 2. The van der Waals surface area contributed by atoms with Crippen molar-refractivity contribution in [2.45, 2.75) is 57.2 Å². The number of hydrogen-bond acceptors (Lipinski definition) is 2. The first-order chi connectivity index (χ1) is 22.8. The van der Waals surface area contributed by atoms with Crippen LogP contribution in [0.25, 0.3) is 0 Å². The van der Waals surface area contributed by atoms with E-state index in [-0.39, 0.29) is 21.7 Å². The molecule has 0 heterocycles. The van der Waals surface area contributed by atoms with Gasteiger partial charge in [0.2, 0.25) is 0 Å². The van der Waals surface area contributed by atoms with Crippen molar-refractivity contribution in [3.63, 3.8) is 0 Å². The summed E-state index contributed by atoms with van der Waals surface area (Å²) in [6, 6.07) is 8.00. The molecular weight excluding hydrogens is 752 g/mol. The van der Waals surface area contributed by atoms with Crippen LogP contribution in [0.2, 0.25) is 19.6 Å². The maximum absolute atomic E-state index is 14.2. The summed E-state index contributed by atoms with van der Waals surface area (Å²) in [5, 5.41) is 1.59. The Bertz CT molecular complexity index is 1140. The summed E-state index contributed by atoms with van der Waals surface area (Å²) in [5.74, 6) is 1.93. The molecule has 2 aliphatic rings. The summed E-state index contributed by atoms with van der Waals surface area (Å²) in [7, 11) is 5.24. The molecule has 8 atom stereocenters. The van der Waals surface area contributed by atoms with Crippen LogP contribution in [0.3, 0.4) is 0 Å². The van der Waals surface area contributed by atoms with Crippen LogP contribution in [-0.4, -0.2) is 122 Å². The van der Waals surface area contributed by atoms with Gasteiger partial charge in [0.15, 0.2) is 0 Å². The van der Waals surface area contributed by atoms with Crippen LogP contribution < -0.4 is 5.19 Å². The summed E-state index contributed by atoms with van der Waals surface area (Å²) in [6.45, 7) is 26.8. The third-order valence-corrected chi connectivity index (χ3v) is 22.0. The molecule has 2 saturated carbocycles. The molecular formula is C37H70O2P8Si. The number of benzene rings is 1. The number of rotatable bonds is 19. The highest BCUT2D eigenvalue weighted by atomic mass is 31.1. The lowest BCUT2D eigenvalue weighted by Crippen LogP contribution is -2.56. The summed E-state index contributed by atoms with van der Waals surface area (Å²) in [6.07, 6.45) is 12.5. The highest BCUT2D eigenvalue weighted by Gasteiger charge is 2.59. The minimum absolute atomic E-state index is 0.0374. The predicted octanol–water partition coefficient (Wildman–Crippen LogP) is 9.54. The molecule has 274 valence electrons. The van der Waals surface area contributed by atoms with Gasteiger partial charge in [-0.2, -0.15) is 0 Å². The monoisotopic (exact) mass is 822 g/mol. The molecule has 0 saturated heterocycles. The zero-order valence-corrected chi connectivity index (χ0v) is 41.2. The fraction of sp³-hybridized carbons (Fsp3) is 0.784. The van der Waals surface area contributed by atoms with Crippen LogP contribution in [0.15, 0.2) is 18.2 Å². The van der Waals surface area contributed by atoms with Gasteiger partial charge in [0.05, 0.1) is 8.07 Å². The van der Waals surface area contributed by atoms with Crippen LogP contribution >= 0.6 is 68.6 Å². The van der Waals surface area contributed by atoms with E-state index in [1.807, 2.05) is 0 Å². The fourth-order valence-electron chi connectivity index (χ4n) is 10.7. The van der Waals surface area contributed by atoms with Gasteiger partial charge in [-0.25, -0.2) is 0 Å². The van der Waals surface area contributed by atoms with E-state index in [2.05, 4.69) is 91.2 Å². The van der Waals surface area contributed by atoms with Crippen molar-refractivity contribution < 1.29 is 9.59 Å². The number of Topliss-reactive ketones (excluding diaryl/α,β-unsaturated/α-hetero) is 2. The Hall–Kier alpha value is 2.22. The molecule has 0 aliphatic heterocycles. The van der Waals surface area contributed by atoms with Gasteiger partial charge < -0.3 is 0 Å². The van der Waals surface area contributed by atoms with Crippen molar-refractivity contribution in [3.05, 3.63) is 29.3 Å². The minimum Gasteiger partial charge on any atom is -0.300 e. The van der Waals surface area contributed by atoms with E-state index in [9.17, 15) is 9.59 Å². The first-order valence-corrected chi connectivity index (χ1v) is 35.3. The summed E-state index contributed by atoms with van der Waals surface area (Å²) in [5.41, 5.74) is 3.46. The molecule has 0 bridgehead atoms. The molecule has 0 N–H and O–H groups in total. The van der Waals surface area contributed by atoms with Crippen LogP contribution in [0.1, 0.15) is 48.6 Å². The summed E-state index contributed by atoms with van der Waals surface area (Å²) < 4.78 is 0. The van der Waals surface area contributed by atoms with E-state index in [1.165, 1.54) is 49.3 Å². The molecule has 2 fully saturated rings. The Balaban J connectivity index is 2.64. The second-order valence-corrected chi connectivity index (χ2v) is 30.0. The van der Waals surface area contributed by atoms with Crippen LogP contribution in [0, 0.1) is 21.7 Å². The number of carbonyl (C=O) groups excluding carboxylic acids is 2. The fourth-order valence-corrected chi connectivity index (χ4v) is 22.1. The van der Waals surface area contributed by atoms with Crippen LogP contribution in [0.5, 0.6) is 0 Å². The molecule has 0 aromatic heterocycles.